The van der Waals surface area contributed by atoms with Crippen LogP contribution < -0.4 is 0 Å². The lowest BCUT2D eigenvalue weighted by molar-refractivity contribution is -0.129. The first-order valence-electron chi connectivity index (χ1n) is 7.66. The summed E-state index contributed by atoms with van der Waals surface area (Å²) < 4.78 is 11.7. The lowest BCUT2D eigenvalue weighted by Gasteiger charge is -2.31. The molecular formula is C17H21NO3S. The van der Waals surface area contributed by atoms with Gasteiger partial charge in [-0.2, -0.15) is 0 Å². The lowest BCUT2D eigenvalue weighted by Crippen LogP contribution is -2.43. The second kappa shape index (κ2) is 7.22. The van der Waals surface area contributed by atoms with Crippen LogP contribution in [0.15, 0.2) is 36.2 Å². The molecule has 3 atom stereocenters. The summed E-state index contributed by atoms with van der Waals surface area (Å²) in [4.78, 5) is 15.5. The molecule has 2 aliphatic heterocycles. The zero-order chi connectivity index (χ0) is 15.4. The molecule has 0 spiro atoms. The Morgan fingerprint density at radius 1 is 1.59 bits per heavy atom. The number of fused-ring (bicyclic) bond motifs is 1. The van der Waals surface area contributed by atoms with E-state index in [2.05, 4.69) is 6.58 Å². The molecule has 5 heteroatoms. The average molecular weight is 319 g/mol. The third kappa shape index (κ3) is 3.32. The van der Waals surface area contributed by atoms with E-state index in [1.807, 2.05) is 28.5 Å². The monoisotopic (exact) mass is 319 g/mol. The SMILES string of the molecule is C=CCO[C@H]1CN(C(=O)/C=C/c2cccs2)[C@@H]2CCCO[C@H]12. The molecule has 3 rings (SSSR count). The highest BCUT2D eigenvalue weighted by Crippen LogP contribution is 2.31. The molecule has 3 heterocycles. The fourth-order valence-corrected chi connectivity index (χ4v) is 3.75. The van der Waals surface area contributed by atoms with E-state index in [1.54, 1.807) is 23.5 Å². The van der Waals surface area contributed by atoms with E-state index >= 15 is 0 Å². The van der Waals surface area contributed by atoms with Crippen LogP contribution in [-0.4, -0.2) is 48.8 Å². The molecule has 0 aliphatic carbocycles. The van der Waals surface area contributed by atoms with Crippen LogP contribution in [0.2, 0.25) is 0 Å². The van der Waals surface area contributed by atoms with Gasteiger partial charge in [-0.1, -0.05) is 12.1 Å². The average Bonchev–Trinajstić information content (AvgIpc) is 3.18. The quantitative estimate of drug-likeness (QED) is 0.619. The molecule has 4 nitrogen and oxygen atoms in total. The van der Waals surface area contributed by atoms with E-state index in [1.165, 1.54) is 0 Å². The van der Waals surface area contributed by atoms with E-state index in [9.17, 15) is 4.79 Å². The van der Waals surface area contributed by atoms with Gasteiger partial charge in [-0.05, 0) is 30.4 Å². The lowest BCUT2D eigenvalue weighted by atomic mass is 10.0. The number of nitrogens with zero attached hydrogens (tertiary/aromatic N) is 1. The van der Waals surface area contributed by atoms with Gasteiger partial charge in [0.25, 0.3) is 0 Å². The van der Waals surface area contributed by atoms with Gasteiger partial charge < -0.3 is 14.4 Å². The molecule has 2 saturated heterocycles. The maximum absolute atomic E-state index is 12.5. The summed E-state index contributed by atoms with van der Waals surface area (Å²) in [5.74, 6) is 0.0404. The van der Waals surface area contributed by atoms with Gasteiger partial charge in [0.2, 0.25) is 5.91 Å². The van der Waals surface area contributed by atoms with Gasteiger partial charge in [0.1, 0.15) is 12.2 Å². The molecule has 0 N–H and O–H groups in total. The molecule has 0 unspecified atom stereocenters. The van der Waals surface area contributed by atoms with Crippen molar-refractivity contribution in [1.29, 1.82) is 0 Å². The van der Waals surface area contributed by atoms with Gasteiger partial charge in [0.05, 0.1) is 19.2 Å². The van der Waals surface area contributed by atoms with Crippen LogP contribution in [0.3, 0.4) is 0 Å². The Bertz CT molecular complexity index is 540. The largest absolute Gasteiger partial charge is 0.373 e. The van der Waals surface area contributed by atoms with Crippen molar-refractivity contribution < 1.29 is 14.3 Å². The normalized spacial score (nSPS) is 28.0. The summed E-state index contributed by atoms with van der Waals surface area (Å²) in [5.41, 5.74) is 0. The van der Waals surface area contributed by atoms with Gasteiger partial charge in [-0.15, -0.1) is 17.9 Å². The maximum Gasteiger partial charge on any atom is 0.247 e. The number of hydrogen-bond acceptors (Lipinski definition) is 4. The molecule has 2 aliphatic rings. The first kappa shape index (κ1) is 15.5. The van der Waals surface area contributed by atoms with Gasteiger partial charge in [-0.3, -0.25) is 4.79 Å². The minimum absolute atomic E-state index is 0.00668. The molecule has 1 amide bonds. The Morgan fingerprint density at radius 3 is 3.27 bits per heavy atom. The van der Waals surface area contributed by atoms with Gasteiger partial charge >= 0.3 is 0 Å². The van der Waals surface area contributed by atoms with Crippen molar-refractivity contribution in [1.82, 2.24) is 4.90 Å². The van der Waals surface area contributed by atoms with Crippen LogP contribution >= 0.6 is 11.3 Å². The predicted molar refractivity (Wildman–Crippen MR) is 87.8 cm³/mol. The maximum atomic E-state index is 12.5. The van der Waals surface area contributed by atoms with Crippen molar-refractivity contribution in [2.75, 3.05) is 19.8 Å². The molecule has 118 valence electrons. The molecule has 2 fully saturated rings. The van der Waals surface area contributed by atoms with Crippen LogP contribution in [0.5, 0.6) is 0 Å². The standard InChI is InChI=1S/C17H21NO3S/c1-2-9-20-15-12-18(14-6-3-10-21-17(14)15)16(19)8-7-13-5-4-11-22-13/h2,4-5,7-8,11,14-15,17H,1,3,6,9-10,12H2/b8-7+/t14-,15+,17+/m1/s1. The van der Waals surface area contributed by atoms with Crippen molar-refractivity contribution >= 4 is 23.3 Å². The summed E-state index contributed by atoms with van der Waals surface area (Å²) in [7, 11) is 0. The fraction of sp³-hybridized carbons (Fsp3) is 0.471. The van der Waals surface area contributed by atoms with Crippen molar-refractivity contribution in [3.8, 4) is 0 Å². The fourth-order valence-electron chi connectivity index (χ4n) is 3.14. The van der Waals surface area contributed by atoms with E-state index in [0.29, 0.717) is 13.2 Å². The zero-order valence-corrected chi connectivity index (χ0v) is 13.3. The Labute approximate surface area is 135 Å². The molecular weight excluding hydrogens is 298 g/mol. The Balaban J connectivity index is 1.69. The number of carbonyl (C=O) groups is 1. The van der Waals surface area contributed by atoms with Crippen molar-refractivity contribution in [2.45, 2.75) is 31.1 Å². The molecule has 1 aromatic heterocycles. The number of thiophene rings is 1. The highest BCUT2D eigenvalue weighted by atomic mass is 32.1. The van der Waals surface area contributed by atoms with Gasteiger partial charge in [0, 0.05) is 17.6 Å². The third-order valence-electron chi connectivity index (χ3n) is 4.12. The molecule has 0 radical (unpaired) electrons. The second-order valence-electron chi connectivity index (χ2n) is 5.54. The summed E-state index contributed by atoms with van der Waals surface area (Å²) in [5, 5.41) is 2.00. The predicted octanol–water partition coefficient (Wildman–Crippen LogP) is 2.72. The van der Waals surface area contributed by atoms with Gasteiger partial charge in [-0.25, -0.2) is 0 Å². The molecule has 0 bridgehead atoms. The number of rotatable bonds is 5. The first-order valence-corrected chi connectivity index (χ1v) is 8.54. The Kier molecular flexibility index (Phi) is 5.08. The minimum Gasteiger partial charge on any atom is -0.373 e. The van der Waals surface area contributed by atoms with E-state index < -0.39 is 0 Å². The first-order chi connectivity index (χ1) is 10.8. The van der Waals surface area contributed by atoms with Crippen molar-refractivity contribution in [3.63, 3.8) is 0 Å². The highest BCUT2D eigenvalue weighted by molar-refractivity contribution is 7.10. The molecule has 22 heavy (non-hydrogen) atoms. The van der Waals surface area contributed by atoms with Crippen LogP contribution in [0.1, 0.15) is 17.7 Å². The van der Waals surface area contributed by atoms with E-state index in [-0.39, 0.29) is 24.2 Å². The van der Waals surface area contributed by atoms with Crippen molar-refractivity contribution in [3.05, 3.63) is 41.1 Å². The van der Waals surface area contributed by atoms with Crippen LogP contribution in [0, 0.1) is 0 Å². The number of hydrogen-bond donors (Lipinski definition) is 0. The van der Waals surface area contributed by atoms with Crippen molar-refractivity contribution in [2.24, 2.45) is 0 Å². The highest BCUT2D eigenvalue weighted by Gasteiger charge is 2.45. The Morgan fingerprint density at radius 2 is 2.50 bits per heavy atom. The minimum atomic E-state index is -0.0533. The van der Waals surface area contributed by atoms with E-state index in [4.69, 9.17) is 9.47 Å². The molecule has 1 aromatic rings. The van der Waals surface area contributed by atoms with Crippen LogP contribution in [-0.2, 0) is 14.3 Å². The van der Waals surface area contributed by atoms with E-state index in [0.717, 1.165) is 24.3 Å². The summed E-state index contributed by atoms with van der Waals surface area (Å²) in [6, 6.07) is 4.11. The number of ether oxygens (including phenoxy) is 2. The topological polar surface area (TPSA) is 38.8 Å². The second-order valence-corrected chi connectivity index (χ2v) is 6.52. The molecule has 0 saturated carbocycles. The smallest absolute Gasteiger partial charge is 0.247 e. The number of likely N-dealkylation sites (tertiary alicyclic amines) is 1. The number of carbonyl (C=O) groups excluding carboxylic acids is 1. The molecule has 0 aromatic carbocycles. The summed E-state index contributed by atoms with van der Waals surface area (Å²) in [6.07, 6.45) is 7.19. The zero-order valence-electron chi connectivity index (χ0n) is 12.5. The van der Waals surface area contributed by atoms with Gasteiger partial charge in [0.15, 0.2) is 0 Å². The Hall–Kier alpha value is -1.43. The van der Waals surface area contributed by atoms with Crippen LogP contribution in [0.25, 0.3) is 6.08 Å². The van der Waals surface area contributed by atoms with Crippen LogP contribution in [0.4, 0.5) is 0 Å². The number of amides is 1. The summed E-state index contributed by atoms with van der Waals surface area (Å²) >= 11 is 1.62. The summed E-state index contributed by atoms with van der Waals surface area (Å²) in [6.45, 7) is 5.52. The third-order valence-corrected chi connectivity index (χ3v) is 4.96.